The summed E-state index contributed by atoms with van der Waals surface area (Å²) in [7, 11) is 0. The van der Waals surface area contributed by atoms with Crippen LogP contribution in [0.25, 0.3) is 0 Å². The van der Waals surface area contributed by atoms with E-state index in [9.17, 15) is 9.59 Å². The van der Waals surface area contributed by atoms with Crippen molar-refractivity contribution in [2.24, 2.45) is 5.92 Å². The summed E-state index contributed by atoms with van der Waals surface area (Å²) < 4.78 is 5.06. The first-order valence-corrected chi connectivity index (χ1v) is 5.85. The molecule has 6 nitrogen and oxygen atoms in total. The molecule has 0 atom stereocenters. The number of aliphatic carboxylic acids is 1. The molecule has 1 rings (SSSR count). The lowest BCUT2D eigenvalue weighted by Crippen LogP contribution is -2.47. The molecule has 0 spiro atoms. The molecule has 1 aliphatic carbocycles. The van der Waals surface area contributed by atoms with Crippen LogP contribution in [-0.4, -0.2) is 28.8 Å². The summed E-state index contributed by atoms with van der Waals surface area (Å²) in [6, 6.07) is 0.0496. The highest BCUT2D eigenvalue weighted by Crippen LogP contribution is 2.27. The van der Waals surface area contributed by atoms with Crippen molar-refractivity contribution in [2.75, 3.05) is 0 Å². The first kappa shape index (κ1) is 14.3. The van der Waals surface area contributed by atoms with Crippen LogP contribution in [0, 0.1) is 5.92 Å². The third-order valence-corrected chi connectivity index (χ3v) is 2.52. The van der Waals surface area contributed by atoms with E-state index < -0.39 is 17.7 Å². The molecule has 1 amide bonds. The van der Waals surface area contributed by atoms with Crippen molar-refractivity contribution in [3.05, 3.63) is 12.4 Å². The second-order valence-corrected chi connectivity index (χ2v) is 5.45. The summed E-state index contributed by atoms with van der Waals surface area (Å²) in [5.74, 6) is -0.742. The molecule has 0 unspecified atom stereocenters. The van der Waals surface area contributed by atoms with Gasteiger partial charge in [0.05, 0.1) is 5.92 Å². The molecule has 0 aromatic carbocycles. The van der Waals surface area contributed by atoms with Crippen molar-refractivity contribution < 1.29 is 19.4 Å². The molecule has 1 aliphatic rings. The summed E-state index contributed by atoms with van der Waals surface area (Å²) in [5.41, 5.74) is -0.560. The van der Waals surface area contributed by atoms with Gasteiger partial charge in [0.2, 0.25) is 0 Å². The van der Waals surface area contributed by atoms with Gasteiger partial charge in [-0.15, -0.1) is 0 Å². The average Bonchev–Trinajstić information content (AvgIpc) is 2.05. The highest BCUT2D eigenvalue weighted by Gasteiger charge is 2.34. The van der Waals surface area contributed by atoms with E-state index in [1.807, 2.05) is 0 Å². The van der Waals surface area contributed by atoms with Gasteiger partial charge >= 0.3 is 12.1 Å². The monoisotopic (exact) mass is 256 g/mol. The molecule has 0 saturated heterocycles. The van der Waals surface area contributed by atoms with Crippen LogP contribution in [0.15, 0.2) is 12.4 Å². The van der Waals surface area contributed by atoms with E-state index >= 15 is 0 Å². The van der Waals surface area contributed by atoms with Gasteiger partial charge in [0.15, 0.2) is 0 Å². The summed E-state index contributed by atoms with van der Waals surface area (Å²) in [6.45, 7) is 8.96. The van der Waals surface area contributed by atoms with Crippen molar-refractivity contribution in [3.63, 3.8) is 0 Å². The fraction of sp³-hybridized carbons (Fsp3) is 0.667. The Bertz CT molecular complexity index is 354. The van der Waals surface area contributed by atoms with Gasteiger partial charge in [-0.2, -0.15) is 0 Å². The van der Waals surface area contributed by atoms with Gasteiger partial charge in [-0.05, 0) is 33.6 Å². The number of carboxylic acid groups (broad SMARTS) is 1. The molecule has 0 heterocycles. The van der Waals surface area contributed by atoms with Gasteiger partial charge in [0.1, 0.15) is 11.4 Å². The highest BCUT2D eigenvalue weighted by atomic mass is 16.6. The Labute approximate surface area is 106 Å². The van der Waals surface area contributed by atoms with Crippen LogP contribution < -0.4 is 10.6 Å². The van der Waals surface area contributed by atoms with E-state index in [2.05, 4.69) is 17.2 Å². The van der Waals surface area contributed by atoms with E-state index in [1.165, 1.54) is 0 Å². The fourth-order valence-electron chi connectivity index (χ4n) is 1.65. The minimum absolute atomic E-state index is 0.0496. The van der Waals surface area contributed by atoms with Crippen molar-refractivity contribution in [1.82, 2.24) is 10.6 Å². The Balaban J connectivity index is 2.23. The third kappa shape index (κ3) is 4.65. The highest BCUT2D eigenvalue weighted by molar-refractivity contribution is 5.71. The predicted octanol–water partition coefficient (Wildman–Crippen LogP) is 1.44. The van der Waals surface area contributed by atoms with Gasteiger partial charge in [0, 0.05) is 6.04 Å². The predicted molar refractivity (Wildman–Crippen MR) is 65.8 cm³/mol. The number of carbonyl (C=O) groups excluding carboxylic acids is 1. The zero-order chi connectivity index (χ0) is 13.9. The molecule has 1 fully saturated rings. The number of carbonyl (C=O) groups is 2. The van der Waals surface area contributed by atoms with Crippen LogP contribution in [0.1, 0.15) is 33.6 Å². The van der Waals surface area contributed by atoms with E-state index in [0.29, 0.717) is 18.7 Å². The van der Waals surface area contributed by atoms with Crippen LogP contribution in [0.4, 0.5) is 4.79 Å². The summed E-state index contributed by atoms with van der Waals surface area (Å²) in [6.07, 6.45) is 0.517. The fourth-order valence-corrected chi connectivity index (χ4v) is 1.65. The molecule has 1 saturated carbocycles. The maximum absolute atomic E-state index is 11.4. The molecular weight excluding hydrogens is 236 g/mol. The van der Waals surface area contributed by atoms with Crippen molar-refractivity contribution in [2.45, 2.75) is 45.3 Å². The van der Waals surface area contributed by atoms with E-state index in [-0.39, 0.29) is 12.0 Å². The van der Waals surface area contributed by atoms with E-state index in [1.54, 1.807) is 20.8 Å². The van der Waals surface area contributed by atoms with Crippen LogP contribution >= 0.6 is 0 Å². The number of alkyl carbamates (subject to hydrolysis) is 1. The molecule has 0 aliphatic heterocycles. The summed E-state index contributed by atoms with van der Waals surface area (Å²) >= 11 is 0. The third-order valence-electron chi connectivity index (χ3n) is 2.52. The van der Waals surface area contributed by atoms with Gasteiger partial charge in [-0.25, -0.2) is 4.79 Å². The number of rotatable bonds is 4. The number of carboxylic acids is 1. The molecule has 0 bridgehead atoms. The number of hydrogen-bond acceptors (Lipinski definition) is 4. The lowest BCUT2D eigenvalue weighted by Gasteiger charge is -2.34. The molecule has 0 aromatic heterocycles. The van der Waals surface area contributed by atoms with Crippen molar-refractivity contribution >= 4 is 12.1 Å². The second-order valence-electron chi connectivity index (χ2n) is 5.45. The van der Waals surface area contributed by atoms with Crippen LogP contribution in [0.3, 0.4) is 0 Å². The molecular formula is C12H20N2O4. The second kappa shape index (κ2) is 5.29. The van der Waals surface area contributed by atoms with E-state index in [4.69, 9.17) is 9.84 Å². The Morgan fingerprint density at radius 1 is 1.33 bits per heavy atom. The first-order valence-electron chi connectivity index (χ1n) is 5.85. The molecule has 102 valence electrons. The van der Waals surface area contributed by atoms with Gasteiger partial charge in [-0.1, -0.05) is 6.58 Å². The van der Waals surface area contributed by atoms with Crippen molar-refractivity contribution in [1.29, 1.82) is 0 Å². The maximum atomic E-state index is 11.4. The van der Waals surface area contributed by atoms with Crippen LogP contribution in [-0.2, 0) is 9.53 Å². The zero-order valence-corrected chi connectivity index (χ0v) is 10.9. The minimum Gasteiger partial charge on any atom is -0.481 e. The smallest absolute Gasteiger partial charge is 0.413 e. The molecule has 0 radical (unpaired) electrons. The number of amides is 1. The number of nitrogens with one attached hydrogen (secondary N) is 2. The Hall–Kier alpha value is -1.72. The normalized spacial score (nSPS) is 22.6. The molecule has 3 N–H and O–H groups in total. The number of ether oxygens (including phenoxy) is 1. The Kier molecular flexibility index (Phi) is 4.21. The lowest BCUT2D eigenvalue weighted by molar-refractivity contribution is -0.145. The van der Waals surface area contributed by atoms with Crippen LogP contribution in [0.5, 0.6) is 0 Å². The molecule has 0 aromatic rings. The summed E-state index contributed by atoms with van der Waals surface area (Å²) in [5, 5.41) is 14.1. The van der Waals surface area contributed by atoms with Crippen LogP contribution in [0.2, 0.25) is 0 Å². The van der Waals surface area contributed by atoms with E-state index in [0.717, 1.165) is 0 Å². The Morgan fingerprint density at radius 2 is 1.89 bits per heavy atom. The van der Waals surface area contributed by atoms with Gasteiger partial charge in [-0.3, -0.25) is 10.1 Å². The number of hydrogen-bond donors (Lipinski definition) is 3. The lowest BCUT2D eigenvalue weighted by atomic mass is 9.80. The first-order chi connectivity index (χ1) is 8.17. The van der Waals surface area contributed by atoms with Gasteiger partial charge in [0.25, 0.3) is 0 Å². The maximum Gasteiger partial charge on any atom is 0.413 e. The topological polar surface area (TPSA) is 87.7 Å². The summed E-state index contributed by atoms with van der Waals surface area (Å²) in [4.78, 5) is 22.0. The Morgan fingerprint density at radius 3 is 2.33 bits per heavy atom. The minimum atomic E-state index is -0.779. The average molecular weight is 256 g/mol. The SMILES string of the molecule is C=C(NC(=O)OC(C)(C)C)NC1CC(C(=O)O)C1. The molecule has 18 heavy (non-hydrogen) atoms. The standard InChI is InChI=1S/C12H20N2O4/c1-7(14-11(17)18-12(2,3)4)13-9-5-8(6-9)10(15)16/h8-9,13H,1,5-6H2,2-4H3,(H,14,17)(H,15,16). The van der Waals surface area contributed by atoms with Crippen molar-refractivity contribution in [3.8, 4) is 0 Å². The largest absolute Gasteiger partial charge is 0.481 e. The quantitative estimate of drug-likeness (QED) is 0.708. The van der Waals surface area contributed by atoms with Gasteiger partial charge < -0.3 is 15.2 Å². The molecule has 6 heteroatoms. The zero-order valence-electron chi connectivity index (χ0n) is 10.9.